The first-order valence-corrected chi connectivity index (χ1v) is 6.91. The second kappa shape index (κ2) is 6.60. The van der Waals surface area contributed by atoms with E-state index in [0.717, 1.165) is 44.6 Å². The SMILES string of the molecule is CCCCn1nnnc1CN1CCCC1CC(=O)O. The molecule has 2 heterocycles. The van der Waals surface area contributed by atoms with Gasteiger partial charge in [0.15, 0.2) is 5.82 Å². The Kier molecular flexibility index (Phi) is 4.84. The van der Waals surface area contributed by atoms with Gasteiger partial charge in [-0.25, -0.2) is 4.68 Å². The molecule has 1 unspecified atom stereocenters. The van der Waals surface area contributed by atoms with Crippen LogP contribution in [0.1, 0.15) is 44.9 Å². The van der Waals surface area contributed by atoms with E-state index in [1.165, 1.54) is 0 Å². The fourth-order valence-corrected chi connectivity index (χ4v) is 2.54. The molecule has 1 N–H and O–H groups in total. The molecule has 0 spiro atoms. The van der Waals surface area contributed by atoms with E-state index in [2.05, 4.69) is 27.3 Å². The molecule has 1 saturated heterocycles. The Morgan fingerprint density at radius 3 is 3.11 bits per heavy atom. The number of hydrogen-bond donors (Lipinski definition) is 1. The number of unbranched alkanes of at least 4 members (excludes halogenated alkanes) is 1. The van der Waals surface area contributed by atoms with Crippen LogP contribution in [0.4, 0.5) is 0 Å². The maximum Gasteiger partial charge on any atom is 0.304 e. The predicted octanol–water partition coefficient (Wildman–Crippen LogP) is 0.912. The molecule has 1 aliphatic rings. The molecular formula is C12H21N5O2. The number of tetrazole rings is 1. The van der Waals surface area contributed by atoms with Crippen molar-refractivity contribution in [1.29, 1.82) is 0 Å². The van der Waals surface area contributed by atoms with Crippen molar-refractivity contribution >= 4 is 5.97 Å². The Morgan fingerprint density at radius 1 is 1.53 bits per heavy atom. The zero-order valence-electron chi connectivity index (χ0n) is 11.3. The van der Waals surface area contributed by atoms with Crippen LogP contribution in [0.2, 0.25) is 0 Å². The largest absolute Gasteiger partial charge is 0.481 e. The van der Waals surface area contributed by atoms with Crippen molar-refractivity contribution in [2.24, 2.45) is 0 Å². The van der Waals surface area contributed by atoms with Crippen LogP contribution in [0.5, 0.6) is 0 Å². The first-order chi connectivity index (χ1) is 9.20. The lowest BCUT2D eigenvalue weighted by Crippen LogP contribution is -2.32. The van der Waals surface area contributed by atoms with Gasteiger partial charge in [-0.3, -0.25) is 9.69 Å². The number of carboxylic acid groups (broad SMARTS) is 1. The second-order valence-electron chi connectivity index (χ2n) is 5.04. The molecule has 7 heteroatoms. The van der Waals surface area contributed by atoms with Gasteiger partial charge < -0.3 is 5.11 Å². The van der Waals surface area contributed by atoms with Crippen LogP contribution in [0.15, 0.2) is 0 Å². The third kappa shape index (κ3) is 3.73. The first-order valence-electron chi connectivity index (χ1n) is 6.91. The lowest BCUT2D eigenvalue weighted by atomic mass is 10.1. The van der Waals surface area contributed by atoms with Gasteiger partial charge >= 0.3 is 5.97 Å². The average Bonchev–Trinajstić information content (AvgIpc) is 2.97. The Hall–Kier alpha value is -1.50. The molecule has 0 amide bonds. The number of rotatable bonds is 7. The molecule has 1 fully saturated rings. The summed E-state index contributed by atoms with van der Waals surface area (Å²) < 4.78 is 1.83. The highest BCUT2D eigenvalue weighted by atomic mass is 16.4. The van der Waals surface area contributed by atoms with Crippen molar-refractivity contribution in [3.8, 4) is 0 Å². The number of aryl methyl sites for hydroxylation is 1. The lowest BCUT2D eigenvalue weighted by molar-refractivity contribution is -0.138. The molecular weight excluding hydrogens is 246 g/mol. The van der Waals surface area contributed by atoms with Gasteiger partial charge in [0.2, 0.25) is 0 Å². The maximum atomic E-state index is 10.8. The minimum atomic E-state index is -0.734. The Labute approximate surface area is 112 Å². The average molecular weight is 267 g/mol. The summed E-state index contributed by atoms with van der Waals surface area (Å²) in [6.07, 6.45) is 4.36. The molecule has 1 aromatic heterocycles. The minimum absolute atomic E-state index is 0.119. The summed E-state index contributed by atoms with van der Waals surface area (Å²) in [7, 11) is 0. The van der Waals surface area contributed by atoms with Crippen molar-refractivity contribution < 1.29 is 9.90 Å². The van der Waals surface area contributed by atoms with E-state index >= 15 is 0 Å². The molecule has 1 aromatic rings. The standard InChI is InChI=1S/C12H21N5O2/c1-2-3-7-17-11(13-14-15-17)9-16-6-4-5-10(16)8-12(18)19/h10H,2-9H2,1H3,(H,18,19). The number of hydrogen-bond acceptors (Lipinski definition) is 5. The number of aromatic nitrogens is 4. The normalized spacial score (nSPS) is 19.9. The summed E-state index contributed by atoms with van der Waals surface area (Å²) in [5.74, 6) is 0.105. The fraction of sp³-hybridized carbons (Fsp3) is 0.833. The van der Waals surface area contributed by atoms with Crippen molar-refractivity contribution in [3.05, 3.63) is 5.82 Å². The van der Waals surface area contributed by atoms with Gasteiger partial charge in [-0.15, -0.1) is 5.10 Å². The van der Waals surface area contributed by atoms with Gasteiger partial charge in [-0.1, -0.05) is 13.3 Å². The smallest absolute Gasteiger partial charge is 0.304 e. The van der Waals surface area contributed by atoms with Gasteiger partial charge in [0, 0.05) is 12.6 Å². The van der Waals surface area contributed by atoms with Crippen molar-refractivity contribution in [2.45, 2.75) is 58.2 Å². The van der Waals surface area contributed by atoms with Crippen LogP contribution in [0, 0.1) is 0 Å². The molecule has 0 aromatic carbocycles. The van der Waals surface area contributed by atoms with Gasteiger partial charge in [-0.05, 0) is 36.2 Å². The van der Waals surface area contributed by atoms with E-state index in [0.29, 0.717) is 6.54 Å². The molecule has 0 aliphatic carbocycles. The number of carbonyl (C=O) groups is 1. The number of carboxylic acids is 1. The molecule has 2 rings (SSSR count). The zero-order chi connectivity index (χ0) is 13.7. The lowest BCUT2D eigenvalue weighted by Gasteiger charge is -2.22. The van der Waals surface area contributed by atoms with E-state index in [1.807, 2.05) is 4.68 Å². The van der Waals surface area contributed by atoms with Crippen LogP contribution in [-0.4, -0.2) is 48.8 Å². The summed E-state index contributed by atoms with van der Waals surface area (Å²) in [5, 5.41) is 20.7. The van der Waals surface area contributed by atoms with E-state index < -0.39 is 5.97 Å². The molecule has 0 radical (unpaired) electrons. The third-order valence-corrected chi connectivity index (χ3v) is 3.58. The summed E-state index contributed by atoms with van der Waals surface area (Å²) >= 11 is 0. The van der Waals surface area contributed by atoms with Gasteiger partial charge in [0.25, 0.3) is 0 Å². The summed E-state index contributed by atoms with van der Waals surface area (Å²) in [6.45, 7) is 4.54. The molecule has 106 valence electrons. The summed E-state index contributed by atoms with van der Waals surface area (Å²) in [6, 6.07) is 0.119. The van der Waals surface area contributed by atoms with E-state index in [1.54, 1.807) is 0 Å². The monoisotopic (exact) mass is 267 g/mol. The van der Waals surface area contributed by atoms with Crippen LogP contribution < -0.4 is 0 Å². The fourth-order valence-electron chi connectivity index (χ4n) is 2.54. The van der Waals surface area contributed by atoms with E-state index in [4.69, 9.17) is 5.11 Å². The first kappa shape index (κ1) is 13.9. The topological polar surface area (TPSA) is 84.1 Å². The van der Waals surface area contributed by atoms with Crippen LogP contribution in [-0.2, 0) is 17.9 Å². The minimum Gasteiger partial charge on any atom is -0.481 e. The quantitative estimate of drug-likeness (QED) is 0.790. The van der Waals surface area contributed by atoms with Crippen LogP contribution in [0.3, 0.4) is 0 Å². The maximum absolute atomic E-state index is 10.8. The molecule has 7 nitrogen and oxygen atoms in total. The molecule has 0 saturated carbocycles. The molecule has 19 heavy (non-hydrogen) atoms. The Balaban J connectivity index is 1.96. The third-order valence-electron chi connectivity index (χ3n) is 3.58. The second-order valence-corrected chi connectivity index (χ2v) is 5.04. The van der Waals surface area contributed by atoms with Crippen molar-refractivity contribution in [2.75, 3.05) is 6.54 Å². The Bertz CT molecular complexity index is 420. The number of likely N-dealkylation sites (tertiary alicyclic amines) is 1. The highest BCUT2D eigenvalue weighted by Crippen LogP contribution is 2.21. The van der Waals surface area contributed by atoms with E-state index in [-0.39, 0.29) is 12.5 Å². The van der Waals surface area contributed by atoms with Crippen molar-refractivity contribution in [1.82, 2.24) is 25.1 Å². The van der Waals surface area contributed by atoms with Gasteiger partial charge in [-0.2, -0.15) is 0 Å². The highest BCUT2D eigenvalue weighted by molar-refractivity contribution is 5.67. The van der Waals surface area contributed by atoms with Gasteiger partial charge in [0.1, 0.15) is 0 Å². The van der Waals surface area contributed by atoms with Crippen molar-refractivity contribution in [3.63, 3.8) is 0 Å². The summed E-state index contributed by atoms with van der Waals surface area (Å²) in [5.41, 5.74) is 0. The van der Waals surface area contributed by atoms with Gasteiger partial charge in [0.05, 0.1) is 13.0 Å². The summed E-state index contributed by atoms with van der Waals surface area (Å²) in [4.78, 5) is 13.0. The Morgan fingerprint density at radius 2 is 2.37 bits per heavy atom. The molecule has 1 aliphatic heterocycles. The number of nitrogens with zero attached hydrogens (tertiary/aromatic N) is 5. The predicted molar refractivity (Wildman–Crippen MR) is 68.4 cm³/mol. The highest BCUT2D eigenvalue weighted by Gasteiger charge is 2.27. The van der Waals surface area contributed by atoms with Crippen LogP contribution >= 0.6 is 0 Å². The zero-order valence-corrected chi connectivity index (χ0v) is 11.3. The van der Waals surface area contributed by atoms with E-state index in [9.17, 15) is 4.79 Å². The van der Waals surface area contributed by atoms with Crippen LogP contribution in [0.25, 0.3) is 0 Å². The molecule has 0 bridgehead atoms. The molecule has 1 atom stereocenters. The number of aliphatic carboxylic acids is 1.